The van der Waals surface area contributed by atoms with Crippen molar-refractivity contribution in [1.29, 1.82) is 0 Å². The van der Waals surface area contributed by atoms with Gasteiger partial charge in [-0.15, -0.1) is 0 Å². The molecule has 3 aromatic rings. The fraction of sp³-hybridized carbons (Fsp3) is 0.261. The van der Waals surface area contributed by atoms with Crippen LogP contribution in [-0.2, 0) is 0 Å². The number of rotatable bonds is 7. The number of benzene rings is 1. The molecule has 1 atom stereocenters. The molecule has 2 aromatic heterocycles. The van der Waals surface area contributed by atoms with Gasteiger partial charge in [-0.3, -0.25) is 9.59 Å². The number of ether oxygens (including phenoxy) is 1. The van der Waals surface area contributed by atoms with Gasteiger partial charge in [0.15, 0.2) is 0 Å². The zero-order chi connectivity index (χ0) is 21.7. The summed E-state index contributed by atoms with van der Waals surface area (Å²) in [5.41, 5.74) is 0.935. The summed E-state index contributed by atoms with van der Waals surface area (Å²) in [6.07, 6.45) is 3.24. The van der Waals surface area contributed by atoms with E-state index >= 15 is 0 Å². The number of para-hydroxylation sites is 1. The normalized spacial score (nSPS) is 11.9. The molecular weight excluding hydrogens is 380 g/mol. The number of likely N-dealkylation sites (N-methyl/N-ethyl adjacent to an activating group) is 1. The molecule has 1 unspecified atom stereocenters. The average Bonchev–Trinajstić information content (AvgIpc) is 2.70. The predicted molar refractivity (Wildman–Crippen MR) is 117 cm³/mol. The number of carbonyl (C=O) groups is 1. The van der Waals surface area contributed by atoms with Crippen molar-refractivity contribution in [2.24, 2.45) is 0 Å². The van der Waals surface area contributed by atoms with E-state index < -0.39 is 5.91 Å². The van der Waals surface area contributed by atoms with Crippen LogP contribution in [0.1, 0.15) is 28.9 Å². The molecule has 7 heteroatoms. The van der Waals surface area contributed by atoms with Gasteiger partial charge in [-0.2, -0.15) is 0 Å². The molecule has 0 saturated heterocycles. The van der Waals surface area contributed by atoms with Crippen molar-refractivity contribution >= 4 is 11.6 Å². The third kappa shape index (κ3) is 5.12. The summed E-state index contributed by atoms with van der Waals surface area (Å²) >= 11 is 0. The van der Waals surface area contributed by atoms with Gasteiger partial charge in [0.05, 0.1) is 11.9 Å². The van der Waals surface area contributed by atoms with Gasteiger partial charge in [-0.1, -0.05) is 18.2 Å². The maximum atomic E-state index is 12.9. The first-order chi connectivity index (χ1) is 14.3. The zero-order valence-corrected chi connectivity index (χ0v) is 17.6. The molecule has 0 aliphatic heterocycles. The Morgan fingerprint density at radius 1 is 1.17 bits per heavy atom. The van der Waals surface area contributed by atoms with E-state index in [0.717, 1.165) is 0 Å². The van der Waals surface area contributed by atoms with Crippen LogP contribution in [0.4, 0.5) is 5.69 Å². The van der Waals surface area contributed by atoms with Crippen LogP contribution in [0, 0.1) is 6.92 Å². The van der Waals surface area contributed by atoms with Gasteiger partial charge < -0.3 is 19.5 Å². The number of nitrogens with one attached hydrogen (secondary N) is 1. The van der Waals surface area contributed by atoms with E-state index in [4.69, 9.17) is 4.74 Å². The number of nitrogens with zero attached hydrogens (tertiary/aromatic N) is 3. The van der Waals surface area contributed by atoms with E-state index in [1.807, 2.05) is 56.3 Å². The van der Waals surface area contributed by atoms with Crippen molar-refractivity contribution in [3.05, 3.63) is 82.4 Å². The molecule has 3 rings (SSSR count). The molecule has 1 aromatic carbocycles. The molecule has 156 valence electrons. The molecular formula is C23H26N4O3. The van der Waals surface area contributed by atoms with Gasteiger partial charge in [0, 0.05) is 24.8 Å². The molecule has 7 nitrogen and oxygen atoms in total. The second kappa shape index (κ2) is 9.37. The Balaban J connectivity index is 1.76. The highest BCUT2D eigenvalue weighted by molar-refractivity contribution is 6.04. The summed E-state index contributed by atoms with van der Waals surface area (Å²) in [4.78, 5) is 32.0. The van der Waals surface area contributed by atoms with E-state index in [-0.39, 0.29) is 17.2 Å². The van der Waals surface area contributed by atoms with E-state index in [9.17, 15) is 9.59 Å². The highest BCUT2D eigenvalue weighted by Crippen LogP contribution is 2.20. The monoisotopic (exact) mass is 406 g/mol. The lowest BCUT2D eigenvalue weighted by molar-refractivity contribution is 0.102. The van der Waals surface area contributed by atoms with Crippen molar-refractivity contribution < 1.29 is 9.53 Å². The fourth-order valence-electron chi connectivity index (χ4n) is 3.20. The van der Waals surface area contributed by atoms with Crippen LogP contribution in [0.3, 0.4) is 0 Å². The van der Waals surface area contributed by atoms with Gasteiger partial charge in [-0.25, -0.2) is 4.98 Å². The molecule has 0 bridgehead atoms. The Bertz CT molecular complexity index is 1060. The summed E-state index contributed by atoms with van der Waals surface area (Å²) in [5, 5.41) is 2.76. The van der Waals surface area contributed by atoms with Crippen molar-refractivity contribution in [2.75, 3.05) is 26.0 Å². The number of carbonyl (C=O) groups excluding carboxylic acids is 1. The van der Waals surface area contributed by atoms with Crippen LogP contribution < -0.4 is 15.6 Å². The Morgan fingerprint density at radius 2 is 1.90 bits per heavy atom. The first kappa shape index (κ1) is 21.3. The molecule has 0 fully saturated rings. The lowest BCUT2D eigenvalue weighted by atomic mass is 10.1. The number of hydrogen-bond acceptors (Lipinski definition) is 5. The number of amides is 1. The first-order valence-corrected chi connectivity index (χ1v) is 9.72. The summed E-state index contributed by atoms with van der Waals surface area (Å²) < 4.78 is 7.25. The van der Waals surface area contributed by atoms with Crippen molar-refractivity contribution in [2.45, 2.75) is 19.9 Å². The summed E-state index contributed by atoms with van der Waals surface area (Å²) in [7, 11) is 3.89. The van der Waals surface area contributed by atoms with Gasteiger partial charge in [0.2, 0.25) is 5.88 Å². The molecule has 0 saturated carbocycles. The standard InChI is InChI=1S/C23H26N4O3/c1-16-12-13-27(17(2)15-26(3)4)23(29)21(16)22(28)25-18-10-11-20(24-14-18)30-19-8-6-5-7-9-19/h5-14,17H,15H2,1-4H3,(H,25,28). The van der Waals surface area contributed by atoms with Crippen LogP contribution in [0.2, 0.25) is 0 Å². The Hall–Kier alpha value is -3.45. The van der Waals surface area contributed by atoms with E-state index in [2.05, 4.69) is 10.3 Å². The minimum atomic E-state index is -0.456. The average molecular weight is 406 g/mol. The van der Waals surface area contributed by atoms with Gasteiger partial charge >= 0.3 is 0 Å². The van der Waals surface area contributed by atoms with E-state index in [1.165, 1.54) is 6.20 Å². The highest BCUT2D eigenvalue weighted by atomic mass is 16.5. The van der Waals surface area contributed by atoms with Gasteiger partial charge in [0.25, 0.3) is 11.5 Å². The molecule has 30 heavy (non-hydrogen) atoms. The number of pyridine rings is 2. The molecule has 1 amide bonds. The smallest absolute Gasteiger partial charge is 0.263 e. The number of anilines is 1. The number of hydrogen-bond donors (Lipinski definition) is 1. The molecule has 1 N–H and O–H groups in total. The largest absolute Gasteiger partial charge is 0.439 e. The molecule has 0 aliphatic carbocycles. The van der Waals surface area contributed by atoms with Crippen LogP contribution >= 0.6 is 0 Å². The second-order valence-electron chi connectivity index (χ2n) is 7.45. The molecule has 0 radical (unpaired) electrons. The lowest BCUT2D eigenvalue weighted by Crippen LogP contribution is -2.34. The Labute approximate surface area is 175 Å². The van der Waals surface area contributed by atoms with Gasteiger partial charge in [-0.05, 0) is 57.8 Å². The third-order valence-corrected chi connectivity index (χ3v) is 4.62. The van der Waals surface area contributed by atoms with Crippen LogP contribution in [0.15, 0.2) is 65.7 Å². The number of aryl methyl sites for hydroxylation is 1. The summed E-state index contributed by atoms with van der Waals surface area (Å²) in [6.45, 7) is 4.40. The first-order valence-electron chi connectivity index (χ1n) is 9.72. The second-order valence-corrected chi connectivity index (χ2v) is 7.45. The van der Waals surface area contributed by atoms with Crippen LogP contribution in [0.25, 0.3) is 0 Å². The van der Waals surface area contributed by atoms with E-state index in [1.54, 1.807) is 35.9 Å². The predicted octanol–water partition coefficient (Wildman–Crippen LogP) is 3.72. The Morgan fingerprint density at radius 3 is 2.53 bits per heavy atom. The SMILES string of the molecule is Cc1ccn(C(C)CN(C)C)c(=O)c1C(=O)Nc1ccc(Oc2ccccc2)nc1. The van der Waals surface area contributed by atoms with Crippen molar-refractivity contribution in [3.63, 3.8) is 0 Å². The number of aromatic nitrogens is 2. The summed E-state index contributed by atoms with van der Waals surface area (Å²) in [5.74, 6) is 0.631. The minimum Gasteiger partial charge on any atom is -0.439 e. The molecule has 0 spiro atoms. The summed E-state index contributed by atoms with van der Waals surface area (Å²) in [6, 6.07) is 14.4. The Kier molecular flexibility index (Phi) is 6.64. The highest BCUT2D eigenvalue weighted by Gasteiger charge is 2.18. The maximum Gasteiger partial charge on any atom is 0.263 e. The molecule has 2 heterocycles. The zero-order valence-electron chi connectivity index (χ0n) is 17.6. The molecule has 0 aliphatic rings. The quantitative estimate of drug-likeness (QED) is 0.647. The fourth-order valence-corrected chi connectivity index (χ4v) is 3.20. The van der Waals surface area contributed by atoms with Crippen LogP contribution in [-0.4, -0.2) is 41.0 Å². The third-order valence-electron chi connectivity index (χ3n) is 4.62. The minimum absolute atomic E-state index is 0.0595. The topological polar surface area (TPSA) is 76.5 Å². The van der Waals surface area contributed by atoms with Crippen LogP contribution in [0.5, 0.6) is 11.6 Å². The van der Waals surface area contributed by atoms with Crippen molar-refractivity contribution in [3.8, 4) is 11.6 Å². The van der Waals surface area contributed by atoms with E-state index in [0.29, 0.717) is 29.4 Å². The van der Waals surface area contributed by atoms with Gasteiger partial charge in [0.1, 0.15) is 11.3 Å². The van der Waals surface area contributed by atoms with Crippen molar-refractivity contribution in [1.82, 2.24) is 14.5 Å². The lowest BCUT2D eigenvalue weighted by Gasteiger charge is -2.20. The maximum absolute atomic E-state index is 12.9.